The summed E-state index contributed by atoms with van der Waals surface area (Å²) in [5.74, 6) is 1.02. The van der Waals surface area contributed by atoms with Crippen LogP contribution in [0.15, 0.2) is 0 Å². The topological polar surface area (TPSA) is 20.3 Å². The van der Waals surface area contributed by atoms with Gasteiger partial charge in [-0.2, -0.15) is 0 Å². The van der Waals surface area contributed by atoms with Gasteiger partial charge in [-0.25, -0.2) is 0 Å². The second-order valence-corrected chi connectivity index (χ2v) is 5.87. The summed E-state index contributed by atoms with van der Waals surface area (Å²) in [5.41, 5.74) is 0. The number of carbonyl (C=O) groups excluding carboxylic acids is 1. The van der Waals surface area contributed by atoms with Gasteiger partial charge in [-0.05, 0) is 25.2 Å². The summed E-state index contributed by atoms with van der Waals surface area (Å²) in [5, 5.41) is 0.245. The molecular formula is C14H26ClNO. The SMILES string of the molecule is CCCCC(CC)C(=O)N1CCC(Cl)C(C)C1. The zero-order valence-corrected chi connectivity index (χ0v) is 12.2. The minimum absolute atomic E-state index is 0.231. The van der Waals surface area contributed by atoms with Gasteiger partial charge in [-0.3, -0.25) is 4.79 Å². The third-order valence-electron chi connectivity index (χ3n) is 3.86. The average Bonchev–Trinajstić information content (AvgIpc) is 2.33. The summed E-state index contributed by atoms with van der Waals surface area (Å²) in [6, 6.07) is 0. The molecule has 1 amide bonds. The van der Waals surface area contributed by atoms with Crippen LogP contribution in [0.3, 0.4) is 0 Å². The van der Waals surface area contributed by atoms with Gasteiger partial charge in [0.2, 0.25) is 5.91 Å². The molecule has 0 N–H and O–H groups in total. The van der Waals surface area contributed by atoms with E-state index in [1.165, 1.54) is 6.42 Å². The van der Waals surface area contributed by atoms with Gasteiger partial charge < -0.3 is 4.90 Å². The Hall–Kier alpha value is -0.240. The number of likely N-dealkylation sites (tertiary alicyclic amines) is 1. The van der Waals surface area contributed by atoms with Gasteiger partial charge in [-0.1, -0.05) is 33.6 Å². The number of piperidine rings is 1. The molecule has 3 unspecified atom stereocenters. The quantitative estimate of drug-likeness (QED) is 0.690. The predicted molar refractivity (Wildman–Crippen MR) is 73.3 cm³/mol. The molecule has 1 saturated heterocycles. The highest BCUT2D eigenvalue weighted by Crippen LogP contribution is 2.24. The van der Waals surface area contributed by atoms with Gasteiger partial charge in [0, 0.05) is 24.4 Å². The first kappa shape index (κ1) is 14.8. The van der Waals surface area contributed by atoms with Crippen molar-refractivity contribution in [3.05, 3.63) is 0 Å². The lowest BCUT2D eigenvalue weighted by Crippen LogP contribution is -2.45. The van der Waals surface area contributed by atoms with E-state index in [2.05, 4.69) is 20.8 Å². The fourth-order valence-electron chi connectivity index (χ4n) is 2.53. The molecule has 0 bridgehead atoms. The molecule has 100 valence electrons. The van der Waals surface area contributed by atoms with Gasteiger partial charge in [0.05, 0.1) is 0 Å². The second kappa shape index (κ2) is 7.25. The van der Waals surface area contributed by atoms with E-state index in [9.17, 15) is 4.79 Å². The molecule has 3 atom stereocenters. The van der Waals surface area contributed by atoms with E-state index >= 15 is 0 Å². The zero-order valence-electron chi connectivity index (χ0n) is 11.4. The smallest absolute Gasteiger partial charge is 0.225 e. The summed E-state index contributed by atoms with van der Waals surface area (Å²) in [6.45, 7) is 8.13. The lowest BCUT2D eigenvalue weighted by Gasteiger charge is -2.36. The van der Waals surface area contributed by atoms with E-state index in [1.807, 2.05) is 4.90 Å². The minimum atomic E-state index is 0.231. The van der Waals surface area contributed by atoms with Crippen molar-refractivity contribution in [3.63, 3.8) is 0 Å². The van der Waals surface area contributed by atoms with Crippen LogP contribution in [-0.4, -0.2) is 29.3 Å². The van der Waals surface area contributed by atoms with Crippen molar-refractivity contribution in [1.29, 1.82) is 0 Å². The van der Waals surface area contributed by atoms with Crippen LogP contribution in [0, 0.1) is 11.8 Å². The average molecular weight is 260 g/mol. The summed E-state index contributed by atoms with van der Waals surface area (Å²) in [6.07, 6.45) is 5.28. The van der Waals surface area contributed by atoms with E-state index in [4.69, 9.17) is 11.6 Å². The summed E-state index contributed by atoms with van der Waals surface area (Å²) in [4.78, 5) is 14.4. The number of hydrogen-bond acceptors (Lipinski definition) is 1. The predicted octanol–water partition coefficient (Wildman–Crippen LogP) is 3.68. The monoisotopic (exact) mass is 259 g/mol. The van der Waals surface area contributed by atoms with Crippen LogP contribution in [-0.2, 0) is 4.79 Å². The van der Waals surface area contributed by atoms with Crippen LogP contribution >= 0.6 is 11.6 Å². The third kappa shape index (κ3) is 4.17. The van der Waals surface area contributed by atoms with E-state index < -0.39 is 0 Å². The number of alkyl halides is 1. The maximum Gasteiger partial charge on any atom is 0.225 e. The van der Waals surface area contributed by atoms with Crippen LogP contribution in [0.4, 0.5) is 0 Å². The Bertz CT molecular complexity index is 244. The van der Waals surface area contributed by atoms with Crippen LogP contribution in [0.1, 0.15) is 52.9 Å². The fraction of sp³-hybridized carbons (Fsp3) is 0.929. The van der Waals surface area contributed by atoms with Crippen molar-refractivity contribution in [2.45, 2.75) is 58.3 Å². The number of unbranched alkanes of at least 4 members (excludes halogenated alkanes) is 1. The molecule has 0 aromatic carbocycles. The number of nitrogens with zero attached hydrogens (tertiary/aromatic N) is 1. The molecule has 0 radical (unpaired) electrons. The zero-order chi connectivity index (χ0) is 12.8. The maximum absolute atomic E-state index is 12.4. The molecule has 1 aliphatic rings. The first-order valence-corrected chi connectivity index (χ1v) is 7.46. The maximum atomic E-state index is 12.4. The van der Waals surface area contributed by atoms with Crippen molar-refractivity contribution < 1.29 is 4.79 Å². The Balaban J connectivity index is 2.50. The molecule has 0 aromatic rings. The number of hydrogen-bond donors (Lipinski definition) is 0. The lowest BCUT2D eigenvalue weighted by atomic mass is 9.94. The normalized spacial score (nSPS) is 26.9. The largest absolute Gasteiger partial charge is 0.342 e. The summed E-state index contributed by atoms with van der Waals surface area (Å²) >= 11 is 6.20. The Kier molecular flexibility index (Phi) is 6.32. The number of amides is 1. The summed E-state index contributed by atoms with van der Waals surface area (Å²) in [7, 11) is 0. The standard InChI is InChI=1S/C14H26ClNO/c1-4-6-7-12(5-2)14(17)16-9-8-13(15)11(3)10-16/h11-13H,4-10H2,1-3H3. The number of halogens is 1. The lowest BCUT2D eigenvalue weighted by molar-refractivity contribution is -0.137. The van der Waals surface area contributed by atoms with E-state index in [1.54, 1.807) is 0 Å². The van der Waals surface area contributed by atoms with E-state index in [-0.39, 0.29) is 11.3 Å². The fourth-order valence-corrected chi connectivity index (χ4v) is 2.71. The van der Waals surface area contributed by atoms with Gasteiger partial charge in [0.1, 0.15) is 0 Å². The Morgan fingerprint density at radius 1 is 1.47 bits per heavy atom. The Morgan fingerprint density at radius 3 is 2.71 bits per heavy atom. The van der Waals surface area contributed by atoms with Crippen LogP contribution in [0.2, 0.25) is 0 Å². The van der Waals surface area contributed by atoms with Gasteiger partial charge in [0.25, 0.3) is 0 Å². The van der Waals surface area contributed by atoms with E-state index in [0.717, 1.165) is 38.8 Å². The number of rotatable bonds is 5. The molecule has 0 spiro atoms. The van der Waals surface area contributed by atoms with Crippen LogP contribution in [0.5, 0.6) is 0 Å². The Labute approximate surface area is 111 Å². The molecule has 0 aromatic heterocycles. The molecule has 2 nitrogen and oxygen atoms in total. The highest BCUT2D eigenvalue weighted by Gasteiger charge is 2.30. The molecule has 1 aliphatic heterocycles. The van der Waals surface area contributed by atoms with Crippen molar-refractivity contribution >= 4 is 17.5 Å². The molecule has 0 saturated carbocycles. The van der Waals surface area contributed by atoms with Crippen LogP contribution in [0.25, 0.3) is 0 Å². The van der Waals surface area contributed by atoms with Crippen molar-refractivity contribution in [2.24, 2.45) is 11.8 Å². The van der Waals surface area contributed by atoms with Gasteiger partial charge >= 0.3 is 0 Å². The summed E-state index contributed by atoms with van der Waals surface area (Å²) < 4.78 is 0. The molecule has 1 rings (SSSR count). The molecule has 1 fully saturated rings. The van der Waals surface area contributed by atoms with Gasteiger partial charge in [-0.15, -0.1) is 11.6 Å². The van der Waals surface area contributed by atoms with Gasteiger partial charge in [0.15, 0.2) is 0 Å². The number of carbonyl (C=O) groups is 1. The second-order valence-electron chi connectivity index (χ2n) is 5.31. The van der Waals surface area contributed by atoms with Crippen molar-refractivity contribution in [1.82, 2.24) is 4.90 Å². The molecule has 0 aliphatic carbocycles. The Morgan fingerprint density at radius 2 is 2.18 bits per heavy atom. The first-order chi connectivity index (χ1) is 8.10. The van der Waals surface area contributed by atoms with Crippen molar-refractivity contribution in [3.8, 4) is 0 Å². The third-order valence-corrected chi connectivity index (χ3v) is 4.51. The van der Waals surface area contributed by atoms with Crippen LogP contribution < -0.4 is 0 Å². The van der Waals surface area contributed by atoms with Crippen molar-refractivity contribution in [2.75, 3.05) is 13.1 Å². The first-order valence-electron chi connectivity index (χ1n) is 7.02. The minimum Gasteiger partial charge on any atom is -0.342 e. The van der Waals surface area contributed by atoms with E-state index in [0.29, 0.717) is 11.8 Å². The molecule has 1 heterocycles. The molecule has 17 heavy (non-hydrogen) atoms. The molecular weight excluding hydrogens is 234 g/mol. The highest BCUT2D eigenvalue weighted by atomic mass is 35.5. The molecule has 3 heteroatoms. The highest BCUT2D eigenvalue weighted by molar-refractivity contribution is 6.20.